The highest BCUT2D eigenvalue weighted by Crippen LogP contribution is 2.15. The summed E-state index contributed by atoms with van der Waals surface area (Å²) in [5, 5.41) is 19.8. The highest BCUT2D eigenvalue weighted by molar-refractivity contribution is 5.37. The van der Waals surface area contributed by atoms with Crippen LogP contribution in [0, 0.1) is 11.3 Å². The fourth-order valence-corrected chi connectivity index (χ4v) is 0.769. The summed E-state index contributed by atoms with van der Waals surface area (Å²) >= 11 is 0. The maximum atomic E-state index is 12.7. The number of nitrogens with one attached hydrogen (secondary N) is 1. The van der Waals surface area contributed by atoms with Crippen molar-refractivity contribution in [2.24, 2.45) is 0 Å². The molecule has 2 N–H and O–H groups in total. The second-order valence-corrected chi connectivity index (χ2v) is 2.23. The summed E-state index contributed by atoms with van der Waals surface area (Å²) in [7, 11) is 0. The first-order valence-electron chi connectivity index (χ1n) is 3.08. The summed E-state index contributed by atoms with van der Waals surface area (Å²) in [5.41, 5.74) is 0.240. The van der Waals surface area contributed by atoms with Gasteiger partial charge in [-0.05, 0) is 13.0 Å². The molecule has 0 radical (unpaired) electrons. The molecule has 0 saturated carbocycles. The van der Waals surface area contributed by atoms with E-state index >= 15 is 0 Å². The second-order valence-electron chi connectivity index (χ2n) is 2.23. The number of nitrogens with zero attached hydrogens (tertiary/aromatic N) is 1. The number of hydrogen-bond acceptors (Lipinski definition) is 3. The van der Waals surface area contributed by atoms with Gasteiger partial charge in [0.1, 0.15) is 5.83 Å². The maximum absolute atomic E-state index is 12.7. The third kappa shape index (κ3) is 1.38. The summed E-state index contributed by atoms with van der Waals surface area (Å²) in [6.07, 6.45) is -0.0456. The van der Waals surface area contributed by atoms with Crippen LogP contribution in [0.3, 0.4) is 0 Å². The monoisotopic (exact) mass is 154 g/mol. The Morgan fingerprint density at radius 1 is 1.82 bits per heavy atom. The van der Waals surface area contributed by atoms with Gasteiger partial charge in [0.2, 0.25) is 0 Å². The number of allylic oxidation sites excluding steroid dienone is 3. The van der Waals surface area contributed by atoms with Crippen molar-refractivity contribution < 1.29 is 9.50 Å². The molecule has 0 fully saturated rings. The van der Waals surface area contributed by atoms with Crippen LogP contribution in [-0.2, 0) is 0 Å². The molecular formula is C7H7FN2O. The van der Waals surface area contributed by atoms with Gasteiger partial charge in [-0.1, -0.05) is 0 Å². The van der Waals surface area contributed by atoms with Crippen molar-refractivity contribution >= 4 is 0 Å². The molecule has 0 aliphatic carbocycles. The molecule has 1 heterocycles. The van der Waals surface area contributed by atoms with Gasteiger partial charge in [0.15, 0.2) is 6.23 Å². The van der Waals surface area contributed by atoms with E-state index in [1.54, 1.807) is 6.07 Å². The van der Waals surface area contributed by atoms with E-state index in [-0.39, 0.29) is 11.3 Å². The molecule has 1 unspecified atom stereocenters. The van der Waals surface area contributed by atoms with E-state index in [1.165, 1.54) is 6.92 Å². The average Bonchev–Trinajstić information content (AvgIpc) is 1.97. The molecule has 1 atom stereocenters. The summed E-state index contributed by atoms with van der Waals surface area (Å²) in [6.45, 7) is 1.49. The van der Waals surface area contributed by atoms with E-state index in [4.69, 9.17) is 10.4 Å². The molecule has 0 saturated heterocycles. The summed E-state index contributed by atoms with van der Waals surface area (Å²) in [4.78, 5) is 0. The second kappa shape index (κ2) is 2.72. The zero-order chi connectivity index (χ0) is 8.43. The lowest BCUT2D eigenvalue weighted by atomic mass is 10.1. The molecule has 0 aromatic carbocycles. The molecule has 58 valence electrons. The molecule has 11 heavy (non-hydrogen) atoms. The van der Waals surface area contributed by atoms with Crippen LogP contribution < -0.4 is 5.32 Å². The van der Waals surface area contributed by atoms with E-state index in [0.717, 1.165) is 6.08 Å². The van der Waals surface area contributed by atoms with Gasteiger partial charge >= 0.3 is 0 Å². The predicted octanol–water partition coefficient (Wildman–Crippen LogP) is 0.559. The molecule has 0 spiro atoms. The molecule has 0 bridgehead atoms. The van der Waals surface area contributed by atoms with Crippen molar-refractivity contribution in [3.63, 3.8) is 0 Å². The van der Waals surface area contributed by atoms with Crippen LogP contribution in [0.5, 0.6) is 0 Å². The first-order valence-corrected chi connectivity index (χ1v) is 3.08. The highest BCUT2D eigenvalue weighted by atomic mass is 19.1. The van der Waals surface area contributed by atoms with Gasteiger partial charge in [-0.25, -0.2) is 4.39 Å². The van der Waals surface area contributed by atoms with Crippen molar-refractivity contribution in [2.45, 2.75) is 13.2 Å². The predicted molar refractivity (Wildman–Crippen MR) is 36.6 cm³/mol. The maximum Gasteiger partial charge on any atom is 0.160 e. The normalized spacial score (nSPS) is 23.8. The minimum Gasteiger partial charge on any atom is -0.369 e. The smallest absolute Gasteiger partial charge is 0.160 e. The third-order valence-electron chi connectivity index (χ3n) is 1.42. The molecular weight excluding hydrogens is 147 g/mol. The Hall–Kier alpha value is -1.34. The minimum absolute atomic E-state index is 0.00639. The lowest BCUT2D eigenvalue weighted by molar-refractivity contribution is 0.185. The van der Waals surface area contributed by atoms with Gasteiger partial charge in [-0.2, -0.15) is 5.26 Å². The van der Waals surface area contributed by atoms with Crippen LogP contribution in [0.2, 0.25) is 0 Å². The van der Waals surface area contributed by atoms with Crippen molar-refractivity contribution in [1.29, 1.82) is 5.26 Å². The van der Waals surface area contributed by atoms with Gasteiger partial charge in [-0.3, -0.25) is 0 Å². The zero-order valence-corrected chi connectivity index (χ0v) is 5.93. The minimum atomic E-state index is -1.07. The average molecular weight is 154 g/mol. The standard InChI is InChI=1S/C7H7FN2O/c1-4-6(8)2-5(3-9)7(11)10-4/h2,7,10-11H,1H3. The first-order chi connectivity index (χ1) is 5.15. The molecule has 1 aliphatic heterocycles. The largest absolute Gasteiger partial charge is 0.369 e. The van der Waals surface area contributed by atoms with E-state index in [0.29, 0.717) is 0 Å². The van der Waals surface area contributed by atoms with Gasteiger partial charge < -0.3 is 10.4 Å². The summed E-state index contributed by atoms with van der Waals surface area (Å²) < 4.78 is 12.7. The summed E-state index contributed by atoms with van der Waals surface area (Å²) in [6, 6.07) is 1.68. The number of aliphatic hydroxyl groups excluding tert-OH is 1. The SMILES string of the molecule is CC1=C(F)C=C(C#N)C(O)N1. The topological polar surface area (TPSA) is 56.0 Å². The summed E-state index contributed by atoms with van der Waals surface area (Å²) in [5.74, 6) is -0.508. The van der Waals surface area contributed by atoms with E-state index < -0.39 is 12.1 Å². The molecule has 3 nitrogen and oxygen atoms in total. The van der Waals surface area contributed by atoms with E-state index in [9.17, 15) is 4.39 Å². The fourth-order valence-electron chi connectivity index (χ4n) is 0.769. The zero-order valence-electron chi connectivity index (χ0n) is 5.93. The van der Waals surface area contributed by atoms with Crippen molar-refractivity contribution in [3.8, 4) is 6.07 Å². The van der Waals surface area contributed by atoms with Crippen LogP contribution in [0.1, 0.15) is 6.92 Å². The van der Waals surface area contributed by atoms with Crippen molar-refractivity contribution in [2.75, 3.05) is 0 Å². The van der Waals surface area contributed by atoms with Crippen LogP contribution >= 0.6 is 0 Å². The molecule has 4 heteroatoms. The van der Waals surface area contributed by atoms with Crippen LogP contribution in [0.25, 0.3) is 0 Å². The van der Waals surface area contributed by atoms with E-state index in [1.807, 2.05) is 0 Å². The van der Waals surface area contributed by atoms with Crippen molar-refractivity contribution in [1.82, 2.24) is 5.32 Å². The van der Waals surface area contributed by atoms with Crippen LogP contribution in [0.4, 0.5) is 4.39 Å². The quantitative estimate of drug-likeness (QED) is 0.536. The van der Waals surface area contributed by atoms with Crippen LogP contribution in [-0.4, -0.2) is 11.3 Å². The fraction of sp³-hybridized carbons (Fsp3) is 0.286. The van der Waals surface area contributed by atoms with E-state index in [2.05, 4.69) is 5.32 Å². The van der Waals surface area contributed by atoms with Gasteiger partial charge in [0.25, 0.3) is 0 Å². The molecule has 1 rings (SSSR count). The Labute approximate surface area is 63.4 Å². The Balaban J connectivity index is 2.98. The van der Waals surface area contributed by atoms with Gasteiger partial charge in [0.05, 0.1) is 11.6 Å². The number of rotatable bonds is 0. The lowest BCUT2D eigenvalue weighted by Crippen LogP contribution is -2.31. The number of dihydropyridines is 1. The number of halogens is 1. The Morgan fingerprint density at radius 2 is 2.45 bits per heavy atom. The number of nitriles is 1. The number of aliphatic hydroxyl groups is 1. The lowest BCUT2D eigenvalue weighted by Gasteiger charge is -2.17. The first kappa shape index (κ1) is 7.76. The Kier molecular flexibility index (Phi) is 1.92. The van der Waals surface area contributed by atoms with Gasteiger partial charge in [-0.15, -0.1) is 0 Å². The van der Waals surface area contributed by atoms with Gasteiger partial charge in [0, 0.05) is 5.70 Å². The third-order valence-corrected chi connectivity index (χ3v) is 1.42. The number of hydrogen-bond donors (Lipinski definition) is 2. The Bertz CT molecular complexity index is 275. The highest BCUT2D eigenvalue weighted by Gasteiger charge is 2.17. The van der Waals surface area contributed by atoms with Crippen molar-refractivity contribution in [3.05, 3.63) is 23.2 Å². The molecule has 0 aromatic heterocycles. The van der Waals surface area contributed by atoms with Crippen LogP contribution in [0.15, 0.2) is 23.2 Å². The molecule has 0 aromatic rings. The molecule has 1 aliphatic rings. The Morgan fingerprint density at radius 3 is 3.00 bits per heavy atom. The molecule has 0 amide bonds.